The molecule has 6 nitrogen and oxygen atoms in total. The van der Waals surface area contributed by atoms with Gasteiger partial charge < -0.3 is 25.5 Å². The summed E-state index contributed by atoms with van der Waals surface area (Å²) in [5.41, 5.74) is 0. The number of hydrogen-bond donors (Lipinski definition) is 5. The summed E-state index contributed by atoms with van der Waals surface area (Å²) in [6.45, 7) is -0.399. The molecule has 6 heteroatoms. The highest BCUT2D eigenvalue weighted by atomic mass is 16.4. The lowest BCUT2D eigenvalue weighted by Gasteiger charge is -2.19. The van der Waals surface area contributed by atoms with Gasteiger partial charge in [0, 0.05) is 12.8 Å². The third-order valence-electron chi connectivity index (χ3n) is 4.31. The smallest absolute Gasteiger partial charge is 0.303 e. The molecule has 0 amide bonds. The Morgan fingerprint density at radius 2 is 1.17 bits per heavy atom. The minimum atomic E-state index is -0.978. The Morgan fingerprint density at radius 1 is 0.708 bits per heavy atom. The van der Waals surface area contributed by atoms with E-state index in [4.69, 9.17) is 10.2 Å². The number of hydrogen-bond acceptors (Lipinski definition) is 5. The van der Waals surface area contributed by atoms with Gasteiger partial charge in [-0.2, -0.15) is 0 Å². The van der Waals surface area contributed by atoms with E-state index >= 15 is 0 Å². The molecule has 0 aliphatic heterocycles. The molecule has 0 aliphatic carbocycles. The summed E-state index contributed by atoms with van der Waals surface area (Å²) < 4.78 is 0. The Balaban J connectivity index is 3.31. The van der Waals surface area contributed by atoms with Crippen LogP contribution in [-0.2, 0) is 4.79 Å². The van der Waals surface area contributed by atoms with E-state index in [1.54, 1.807) is 0 Å². The molecular formula is C18H36O6. The minimum Gasteiger partial charge on any atom is -0.481 e. The van der Waals surface area contributed by atoms with Crippen LogP contribution in [0.1, 0.15) is 83.5 Å². The summed E-state index contributed by atoms with van der Waals surface area (Å²) >= 11 is 0. The van der Waals surface area contributed by atoms with E-state index < -0.39 is 30.9 Å². The number of unbranched alkanes of at least 4 members (excludes halogenated alkanes) is 9. The maximum atomic E-state index is 10.3. The van der Waals surface area contributed by atoms with Gasteiger partial charge in [-0.1, -0.05) is 57.8 Å². The summed E-state index contributed by atoms with van der Waals surface area (Å²) in [6, 6.07) is 0. The van der Waals surface area contributed by atoms with Gasteiger partial charge in [-0.3, -0.25) is 4.79 Å². The molecule has 5 N–H and O–H groups in total. The Morgan fingerprint density at radius 3 is 1.62 bits per heavy atom. The Bertz CT molecular complexity index is 297. The van der Waals surface area contributed by atoms with Crippen LogP contribution in [0.4, 0.5) is 0 Å². The van der Waals surface area contributed by atoms with Crippen molar-refractivity contribution in [3.8, 4) is 0 Å². The first-order chi connectivity index (χ1) is 11.5. The van der Waals surface area contributed by atoms with Crippen LogP contribution in [-0.4, -0.2) is 56.4 Å². The van der Waals surface area contributed by atoms with Crippen LogP contribution in [0.2, 0.25) is 0 Å². The van der Waals surface area contributed by atoms with Gasteiger partial charge in [0.1, 0.15) is 0 Å². The second-order valence-corrected chi connectivity index (χ2v) is 6.67. The second kappa shape index (κ2) is 15.8. The molecule has 3 unspecified atom stereocenters. The fourth-order valence-electron chi connectivity index (χ4n) is 2.75. The van der Waals surface area contributed by atoms with Gasteiger partial charge in [0.25, 0.3) is 0 Å². The standard InChI is InChI=1S/C18H36O6/c19-14-15(20)13-17(22)16(21)11-9-7-5-3-1-2-4-6-8-10-12-18(23)24/h15-17,19-22H,1-14H2,(H,23,24). The first kappa shape index (κ1) is 23.3. The SMILES string of the molecule is O=C(O)CCCCCCCCCCCCC(O)C(O)CC(O)CO. The Kier molecular flexibility index (Phi) is 15.4. The van der Waals surface area contributed by atoms with Crippen LogP contribution in [0.3, 0.4) is 0 Å². The topological polar surface area (TPSA) is 118 Å². The van der Waals surface area contributed by atoms with Gasteiger partial charge in [0.2, 0.25) is 0 Å². The Hall–Kier alpha value is -0.690. The van der Waals surface area contributed by atoms with E-state index in [9.17, 15) is 20.1 Å². The average Bonchev–Trinajstić information content (AvgIpc) is 2.55. The fraction of sp³-hybridized carbons (Fsp3) is 0.944. The number of aliphatic hydroxyl groups is 4. The summed E-state index contributed by atoms with van der Waals surface area (Å²) in [6.07, 6.45) is 8.58. The first-order valence-electron chi connectivity index (χ1n) is 9.34. The molecule has 0 saturated heterocycles. The molecule has 0 bridgehead atoms. The van der Waals surface area contributed by atoms with Crippen molar-refractivity contribution in [2.45, 2.75) is 102 Å². The Labute approximate surface area is 145 Å². The third-order valence-corrected chi connectivity index (χ3v) is 4.31. The largest absolute Gasteiger partial charge is 0.481 e. The lowest BCUT2D eigenvalue weighted by atomic mass is 10.00. The zero-order valence-corrected chi connectivity index (χ0v) is 14.8. The van der Waals surface area contributed by atoms with E-state index in [0.717, 1.165) is 51.4 Å². The maximum absolute atomic E-state index is 10.3. The molecule has 0 heterocycles. The molecule has 0 aromatic heterocycles. The molecule has 0 aliphatic rings. The first-order valence-corrected chi connectivity index (χ1v) is 9.34. The summed E-state index contributed by atoms with van der Waals surface area (Å²) in [5.74, 6) is -0.711. The van der Waals surface area contributed by atoms with Crippen molar-refractivity contribution in [2.75, 3.05) is 6.61 Å². The number of aliphatic hydroxyl groups excluding tert-OH is 4. The number of carboxylic acids is 1. The predicted molar refractivity (Wildman–Crippen MR) is 92.8 cm³/mol. The lowest BCUT2D eigenvalue weighted by Crippen LogP contribution is -2.31. The average molecular weight is 348 g/mol. The van der Waals surface area contributed by atoms with Crippen LogP contribution in [0, 0.1) is 0 Å². The zero-order valence-electron chi connectivity index (χ0n) is 14.8. The monoisotopic (exact) mass is 348 g/mol. The molecule has 0 fully saturated rings. The van der Waals surface area contributed by atoms with Gasteiger partial charge in [-0.15, -0.1) is 0 Å². The van der Waals surface area contributed by atoms with Crippen LogP contribution in [0.5, 0.6) is 0 Å². The van der Waals surface area contributed by atoms with Gasteiger partial charge in [-0.25, -0.2) is 0 Å². The quantitative estimate of drug-likeness (QED) is 0.257. The van der Waals surface area contributed by atoms with E-state index in [-0.39, 0.29) is 12.8 Å². The van der Waals surface area contributed by atoms with E-state index in [1.807, 2.05) is 0 Å². The van der Waals surface area contributed by atoms with E-state index in [1.165, 1.54) is 12.8 Å². The fourth-order valence-corrected chi connectivity index (χ4v) is 2.75. The number of carboxylic acid groups (broad SMARTS) is 1. The van der Waals surface area contributed by atoms with Crippen molar-refractivity contribution in [2.24, 2.45) is 0 Å². The van der Waals surface area contributed by atoms with Crippen molar-refractivity contribution in [1.29, 1.82) is 0 Å². The predicted octanol–water partition coefficient (Wildman–Crippen LogP) is 2.22. The molecule has 0 saturated carbocycles. The van der Waals surface area contributed by atoms with Crippen molar-refractivity contribution >= 4 is 5.97 Å². The molecule has 3 atom stereocenters. The van der Waals surface area contributed by atoms with Crippen molar-refractivity contribution in [3.05, 3.63) is 0 Å². The zero-order chi connectivity index (χ0) is 18.2. The molecule has 0 radical (unpaired) electrons. The molecule has 0 aromatic rings. The van der Waals surface area contributed by atoms with E-state index in [2.05, 4.69) is 0 Å². The van der Waals surface area contributed by atoms with Crippen LogP contribution < -0.4 is 0 Å². The second-order valence-electron chi connectivity index (χ2n) is 6.67. The number of aliphatic carboxylic acids is 1. The molecule has 0 rings (SSSR count). The van der Waals surface area contributed by atoms with Crippen molar-refractivity contribution < 1.29 is 30.3 Å². The van der Waals surface area contributed by atoms with Crippen LogP contribution in [0.15, 0.2) is 0 Å². The highest BCUT2D eigenvalue weighted by Crippen LogP contribution is 2.14. The van der Waals surface area contributed by atoms with Crippen molar-refractivity contribution in [1.82, 2.24) is 0 Å². The molecule has 0 aromatic carbocycles. The van der Waals surface area contributed by atoms with Gasteiger partial charge in [0.05, 0.1) is 24.9 Å². The van der Waals surface area contributed by atoms with Gasteiger partial charge in [-0.05, 0) is 12.8 Å². The van der Waals surface area contributed by atoms with E-state index in [0.29, 0.717) is 6.42 Å². The highest BCUT2D eigenvalue weighted by Gasteiger charge is 2.19. The minimum absolute atomic E-state index is 0.00410. The summed E-state index contributed by atoms with van der Waals surface area (Å²) in [4.78, 5) is 10.3. The number of carbonyl (C=O) groups is 1. The molecular weight excluding hydrogens is 312 g/mol. The highest BCUT2D eigenvalue weighted by molar-refractivity contribution is 5.66. The van der Waals surface area contributed by atoms with Gasteiger partial charge in [0.15, 0.2) is 0 Å². The maximum Gasteiger partial charge on any atom is 0.303 e. The normalized spacial score (nSPS) is 15.2. The molecule has 144 valence electrons. The lowest BCUT2D eigenvalue weighted by molar-refractivity contribution is -0.137. The van der Waals surface area contributed by atoms with Crippen LogP contribution >= 0.6 is 0 Å². The molecule has 0 spiro atoms. The third kappa shape index (κ3) is 14.9. The summed E-state index contributed by atoms with van der Waals surface area (Å²) in [7, 11) is 0. The summed E-state index contributed by atoms with van der Waals surface area (Å²) in [5, 5.41) is 45.9. The van der Waals surface area contributed by atoms with Gasteiger partial charge >= 0.3 is 5.97 Å². The number of rotatable bonds is 17. The van der Waals surface area contributed by atoms with Crippen LogP contribution in [0.25, 0.3) is 0 Å². The van der Waals surface area contributed by atoms with Crippen molar-refractivity contribution in [3.63, 3.8) is 0 Å². The molecule has 24 heavy (non-hydrogen) atoms.